The number of Topliss-reactive ketones (excluding diaryl/α,β-unsaturated/α-hetero) is 1. The summed E-state index contributed by atoms with van der Waals surface area (Å²) in [6.45, 7) is 0. The standard InChI is InChI=1S/C28H23FN2O2/c29-21-15-8-7-14-20(21)24-25-22(16-9-17-23(25)32)31(19-12-5-2-6-13-19)28(30)26(24)27(33)18-10-3-1-4-11-18/h1-8,10-15,24,30,33H,9,16-17H2/b27-26+,30-28?. The molecular formula is C28H23FN2O2. The Kier molecular flexibility index (Phi) is 5.38. The van der Waals surface area contributed by atoms with Crippen LogP contribution in [0.5, 0.6) is 0 Å². The number of hydrogen-bond acceptors (Lipinski definition) is 3. The van der Waals surface area contributed by atoms with Crippen molar-refractivity contribution in [1.82, 2.24) is 0 Å². The Labute approximate surface area is 191 Å². The molecule has 164 valence electrons. The molecule has 33 heavy (non-hydrogen) atoms. The number of carbonyl (C=O) groups excluding carboxylic acids is 1. The first kappa shape index (κ1) is 20.9. The highest BCUT2D eigenvalue weighted by atomic mass is 19.1. The highest BCUT2D eigenvalue weighted by molar-refractivity contribution is 6.19. The number of nitrogens with one attached hydrogen (secondary N) is 1. The van der Waals surface area contributed by atoms with Crippen molar-refractivity contribution < 1.29 is 14.3 Å². The smallest absolute Gasteiger partial charge is 0.161 e. The fraction of sp³-hybridized carbons (Fsp3) is 0.143. The average Bonchev–Trinajstić information content (AvgIpc) is 2.85. The predicted octanol–water partition coefficient (Wildman–Crippen LogP) is 6.38. The number of aliphatic hydroxyl groups excluding tert-OH is 1. The van der Waals surface area contributed by atoms with Crippen LogP contribution in [-0.2, 0) is 4.79 Å². The Bertz CT molecular complexity index is 1300. The van der Waals surface area contributed by atoms with Crippen LogP contribution >= 0.6 is 0 Å². The van der Waals surface area contributed by atoms with Crippen LogP contribution in [0.1, 0.15) is 36.3 Å². The molecule has 0 saturated heterocycles. The van der Waals surface area contributed by atoms with E-state index in [1.54, 1.807) is 47.4 Å². The van der Waals surface area contributed by atoms with E-state index in [1.165, 1.54) is 6.07 Å². The van der Waals surface area contributed by atoms with E-state index in [9.17, 15) is 15.3 Å². The van der Waals surface area contributed by atoms with Crippen LogP contribution in [0.15, 0.2) is 102 Å². The van der Waals surface area contributed by atoms with E-state index in [1.807, 2.05) is 36.4 Å². The number of allylic oxidation sites excluding steroid dienone is 2. The average molecular weight is 439 g/mol. The molecule has 0 bridgehead atoms. The van der Waals surface area contributed by atoms with Crippen LogP contribution in [0, 0.1) is 11.2 Å². The van der Waals surface area contributed by atoms with Crippen molar-refractivity contribution in [2.24, 2.45) is 0 Å². The van der Waals surface area contributed by atoms with Gasteiger partial charge in [-0.1, -0.05) is 66.7 Å². The number of amidine groups is 1. The van der Waals surface area contributed by atoms with Crippen molar-refractivity contribution in [3.8, 4) is 0 Å². The number of benzene rings is 3. The molecule has 0 spiro atoms. The molecule has 0 fully saturated rings. The highest BCUT2D eigenvalue weighted by Crippen LogP contribution is 2.48. The summed E-state index contributed by atoms with van der Waals surface area (Å²) < 4.78 is 15.1. The maximum absolute atomic E-state index is 15.1. The summed E-state index contributed by atoms with van der Waals surface area (Å²) in [5.74, 6) is -1.48. The summed E-state index contributed by atoms with van der Waals surface area (Å²) >= 11 is 0. The van der Waals surface area contributed by atoms with Crippen LogP contribution in [-0.4, -0.2) is 16.7 Å². The van der Waals surface area contributed by atoms with Crippen LogP contribution in [0.25, 0.3) is 5.76 Å². The molecule has 4 nitrogen and oxygen atoms in total. The Morgan fingerprint density at radius 2 is 1.55 bits per heavy atom. The number of rotatable bonds is 3. The van der Waals surface area contributed by atoms with Gasteiger partial charge < -0.3 is 5.11 Å². The van der Waals surface area contributed by atoms with Crippen molar-refractivity contribution in [3.63, 3.8) is 0 Å². The van der Waals surface area contributed by atoms with E-state index in [0.717, 1.165) is 5.69 Å². The number of para-hydroxylation sites is 1. The molecule has 1 heterocycles. The zero-order valence-electron chi connectivity index (χ0n) is 18.0. The Morgan fingerprint density at radius 1 is 0.909 bits per heavy atom. The summed E-state index contributed by atoms with van der Waals surface area (Å²) in [6.07, 6.45) is 1.63. The van der Waals surface area contributed by atoms with Crippen molar-refractivity contribution in [2.75, 3.05) is 4.90 Å². The third-order valence-corrected chi connectivity index (χ3v) is 6.29. The van der Waals surface area contributed by atoms with Crippen LogP contribution < -0.4 is 4.90 Å². The molecule has 0 radical (unpaired) electrons. The second-order valence-electron chi connectivity index (χ2n) is 8.24. The summed E-state index contributed by atoms with van der Waals surface area (Å²) in [4.78, 5) is 15.1. The lowest BCUT2D eigenvalue weighted by Gasteiger charge is -2.41. The number of anilines is 1. The van der Waals surface area contributed by atoms with Gasteiger partial charge in [-0.15, -0.1) is 0 Å². The number of halogens is 1. The SMILES string of the molecule is N=C1/C(=C(/O)c2ccccc2)C(c2ccccc2F)C2=C(CCCC2=O)N1c1ccccc1. The first-order valence-corrected chi connectivity index (χ1v) is 11.0. The number of carbonyl (C=O) groups is 1. The molecule has 3 aromatic rings. The molecule has 1 aliphatic carbocycles. The molecule has 0 saturated carbocycles. The van der Waals surface area contributed by atoms with Gasteiger partial charge in [0, 0.05) is 46.0 Å². The van der Waals surface area contributed by atoms with Gasteiger partial charge in [0.15, 0.2) is 5.78 Å². The third-order valence-electron chi connectivity index (χ3n) is 6.29. The Hall–Kier alpha value is -3.99. The quantitative estimate of drug-likeness (QED) is 0.466. The van der Waals surface area contributed by atoms with E-state index in [4.69, 9.17) is 0 Å². The van der Waals surface area contributed by atoms with E-state index in [2.05, 4.69) is 0 Å². The minimum atomic E-state index is -0.860. The summed E-state index contributed by atoms with van der Waals surface area (Å²) in [6, 6.07) is 24.6. The van der Waals surface area contributed by atoms with Gasteiger partial charge >= 0.3 is 0 Å². The van der Waals surface area contributed by atoms with Crippen LogP contribution in [0.4, 0.5) is 10.1 Å². The van der Waals surface area contributed by atoms with E-state index < -0.39 is 11.7 Å². The van der Waals surface area contributed by atoms with Gasteiger partial charge in [0.05, 0.1) is 0 Å². The van der Waals surface area contributed by atoms with Gasteiger partial charge in [0.25, 0.3) is 0 Å². The van der Waals surface area contributed by atoms with Crippen molar-refractivity contribution in [2.45, 2.75) is 25.2 Å². The number of hydrogen-bond donors (Lipinski definition) is 2. The molecule has 0 amide bonds. The zero-order chi connectivity index (χ0) is 22.9. The Morgan fingerprint density at radius 3 is 2.24 bits per heavy atom. The van der Waals surface area contributed by atoms with E-state index >= 15 is 4.39 Å². The summed E-state index contributed by atoms with van der Waals surface area (Å²) in [7, 11) is 0. The largest absolute Gasteiger partial charge is 0.507 e. The maximum atomic E-state index is 15.1. The fourth-order valence-electron chi connectivity index (χ4n) is 4.83. The van der Waals surface area contributed by atoms with Crippen LogP contribution in [0.2, 0.25) is 0 Å². The lowest BCUT2D eigenvalue weighted by atomic mass is 9.73. The molecule has 1 aliphatic heterocycles. The van der Waals surface area contributed by atoms with Crippen molar-refractivity contribution >= 4 is 23.1 Å². The van der Waals surface area contributed by atoms with Gasteiger partial charge in [0.1, 0.15) is 17.4 Å². The lowest BCUT2D eigenvalue weighted by molar-refractivity contribution is -0.116. The number of nitrogens with zero attached hydrogens (tertiary/aromatic N) is 1. The number of ketones is 1. The molecule has 1 atom stereocenters. The molecular weight excluding hydrogens is 415 g/mol. The van der Waals surface area contributed by atoms with Gasteiger partial charge in [-0.3, -0.25) is 15.1 Å². The topological polar surface area (TPSA) is 64.4 Å². The second kappa shape index (κ2) is 8.51. The third kappa shape index (κ3) is 3.55. The monoisotopic (exact) mass is 438 g/mol. The molecule has 0 aromatic heterocycles. The lowest BCUT2D eigenvalue weighted by Crippen LogP contribution is -2.42. The first-order chi connectivity index (χ1) is 16.1. The molecule has 3 aromatic carbocycles. The molecule has 1 unspecified atom stereocenters. The molecule has 5 heteroatoms. The van der Waals surface area contributed by atoms with Gasteiger partial charge in [0.2, 0.25) is 0 Å². The minimum Gasteiger partial charge on any atom is -0.507 e. The highest BCUT2D eigenvalue weighted by Gasteiger charge is 2.43. The predicted molar refractivity (Wildman–Crippen MR) is 128 cm³/mol. The van der Waals surface area contributed by atoms with E-state index in [0.29, 0.717) is 36.1 Å². The minimum absolute atomic E-state index is 0.0456. The number of aliphatic hydroxyl groups is 1. The summed E-state index contributed by atoms with van der Waals surface area (Å²) in [5, 5.41) is 20.6. The zero-order valence-corrected chi connectivity index (χ0v) is 18.0. The first-order valence-electron chi connectivity index (χ1n) is 11.0. The van der Waals surface area contributed by atoms with Gasteiger partial charge in [-0.2, -0.15) is 0 Å². The normalized spacial score (nSPS) is 20.0. The second-order valence-corrected chi connectivity index (χ2v) is 8.24. The Balaban J connectivity index is 1.85. The van der Waals surface area contributed by atoms with Crippen LogP contribution in [0.3, 0.4) is 0 Å². The maximum Gasteiger partial charge on any atom is 0.161 e. The molecule has 2 aliphatic rings. The molecule has 5 rings (SSSR count). The van der Waals surface area contributed by atoms with Crippen molar-refractivity contribution in [1.29, 1.82) is 5.41 Å². The van der Waals surface area contributed by atoms with E-state index in [-0.39, 0.29) is 28.5 Å². The van der Waals surface area contributed by atoms with Crippen molar-refractivity contribution in [3.05, 3.63) is 119 Å². The van der Waals surface area contributed by atoms with Gasteiger partial charge in [-0.25, -0.2) is 4.39 Å². The van der Waals surface area contributed by atoms with Gasteiger partial charge in [-0.05, 0) is 31.0 Å². The fourth-order valence-corrected chi connectivity index (χ4v) is 4.83. The summed E-state index contributed by atoms with van der Waals surface area (Å²) in [5.41, 5.74) is 2.93. The molecule has 2 N–H and O–H groups in total.